The maximum absolute atomic E-state index is 12.3. The number of amides is 1. The van der Waals surface area contributed by atoms with Crippen molar-refractivity contribution in [3.8, 4) is 16.9 Å². The maximum Gasteiger partial charge on any atom is 0.220 e. The van der Waals surface area contributed by atoms with Gasteiger partial charge in [-0.15, -0.1) is 11.3 Å². The van der Waals surface area contributed by atoms with Crippen molar-refractivity contribution >= 4 is 27.5 Å². The number of aromatic nitrogens is 3. The summed E-state index contributed by atoms with van der Waals surface area (Å²) in [7, 11) is 0. The lowest BCUT2D eigenvalue weighted by Gasteiger charge is -2.13. The van der Waals surface area contributed by atoms with Crippen LogP contribution in [-0.4, -0.2) is 33.5 Å². The van der Waals surface area contributed by atoms with E-state index in [4.69, 9.17) is 4.74 Å². The third-order valence-corrected chi connectivity index (χ3v) is 6.23. The summed E-state index contributed by atoms with van der Waals surface area (Å²) in [6, 6.07) is 14.1. The van der Waals surface area contributed by atoms with Crippen molar-refractivity contribution in [2.75, 3.05) is 6.54 Å². The molecule has 0 radical (unpaired) electrons. The number of nitrogens with one attached hydrogen (secondary N) is 1. The van der Waals surface area contributed by atoms with Crippen LogP contribution in [0.1, 0.15) is 17.0 Å². The van der Waals surface area contributed by atoms with E-state index in [1.54, 1.807) is 23.7 Å². The topological polar surface area (TPSA) is 77.0 Å². The molecule has 0 saturated carbocycles. The largest absolute Gasteiger partial charge is 0.487 e. The molecule has 0 spiro atoms. The fraction of sp³-hybridized carbons (Fsp3) is 0.217. The molecule has 2 aromatic carbocycles. The lowest BCUT2D eigenvalue weighted by Crippen LogP contribution is -2.34. The Bertz CT molecular complexity index is 1160. The van der Waals surface area contributed by atoms with Gasteiger partial charge in [0.15, 0.2) is 0 Å². The number of fused-ring (bicyclic) bond motifs is 2. The molecule has 4 aromatic rings. The molecule has 0 saturated heterocycles. The summed E-state index contributed by atoms with van der Waals surface area (Å²) in [5.74, 6) is 0.881. The normalized spacial score (nSPS) is 15.0. The molecule has 1 atom stereocenters. The highest BCUT2D eigenvalue weighted by atomic mass is 32.1. The van der Waals surface area contributed by atoms with Gasteiger partial charge in [-0.05, 0) is 17.7 Å². The van der Waals surface area contributed by atoms with Gasteiger partial charge >= 0.3 is 0 Å². The summed E-state index contributed by atoms with van der Waals surface area (Å²) in [6.45, 7) is 0.484. The van der Waals surface area contributed by atoms with Gasteiger partial charge in [-0.3, -0.25) is 4.79 Å². The van der Waals surface area contributed by atoms with Crippen LogP contribution in [0.2, 0.25) is 0 Å². The number of carbonyl (C=O) groups is 1. The van der Waals surface area contributed by atoms with Crippen molar-refractivity contribution in [3.63, 3.8) is 0 Å². The number of aryl methyl sites for hydroxylation is 1. The lowest BCUT2D eigenvalue weighted by atomic mass is 10.0. The second kappa shape index (κ2) is 8.20. The minimum Gasteiger partial charge on any atom is -0.487 e. The Morgan fingerprint density at radius 1 is 1.13 bits per heavy atom. The van der Waals surface area contributed by atoms with Gasteiger partial charge in [0.1, 0.15) is 18.2 Å². The van der Waals surface area contributed by atoms with Crippen molar-refractivity contribution < 1.29 is 9.53 Å². The van der Waals surface area contributed by atoms with Gasteiger partial charge in [-0.2, -0.15) is 0 Å². The number of rotatable bonds is 6. The molecule has 5 rings (SSSR count). The zero-order valence-corrected chi connectivity index (χ0v) is 17.1. The summed E-state index contributed by atoms with van der Waals surface area (Å²) in [5.41, 5.74) is 4.05. The van der Waals surface area contributed by atoms with E-state index in [0.717, 1.165) is 44.1 Å². The van der Waals surface area contributed by atoms with E-state index >= 15 is 0 Å². The van der Waals surface area contributed by atoms with Crippen LogP contribution < -0.4 is 10.1 Å². The van der Waals surface area contributed by atoms with Gasteiger partial charge in [0.25, 0.3) is 0 Å². The molecule has 1 aliphatic heterocycles. The van der Waals surface area contributed by atoms with E-state index in [0.29, 0.717) is 19.4 Å². The molecule has 6 nitrogen and oxygen atoms in total. The van der Waals surface area contributed by atoms with Gasteiger partial charge in [0, 0.05) is 42.8 Å². The zero-order valence-electron chi connectivity index (χ0n) is 16.2. The van der Waals surface area contributed by atoms with E-state index in [9.17, 15) is 4.79 Å². The zero-order chi connectivity index (χ0) is 20.3. The average Bonchev–Trinajstić information content (AvgIpc) is 3.40. The van der Waals surface area contributed by atoms with Crippen molar-refractivity contribution in [3.05, 3.63) is 71.8 Å². The third kappa shape index (κ3) is 3.89. The molecule has 0 fully saturated rings. The predicted molar refractivity (Wildman–Crippen MR) is 117 cm³/mol. The van der Waals surface area contributed by atoms with Crippen LogP contribution in [-0.2, 0) is 17.6 Å². The fourth-order valence-electron chi connectivity index (χ4n) is 3.68. The number of thiazole rings is 1. The van der Waals surface area contributed by atoms with Gasteiger partial charge in [-0.25, -0.2) is 15.0 Å². The molecule has 0 bridgehead atoms. The maximum atomic E-state index is 12.3. The number of benzene rings is 2. The molecule has 150 valence electrons. The first kappa shape index (κ1) is 18.7. The predicted octanol–water partition coefficient (Wildman–Crippen LogP) is 3.81. The molecule has 0 aliphatic carbocycles. The van der Waals surface area contributed by atoms with Crippen molar-refractivity contribution in [2.24, 2.45) is 0 Å². The molecular formula is C23H20N4O2S. The lowest BCUT2D eigenvalue weighted by molar-refractivity contribution is -0.121. The summed E-state index contributed by atoms with van der Waals surface area (Å²) in [6.07, 6.45) is 6.85. The minimum absolute atomic E-state index is 0.0190. The monoisotopic (exact) mass is 416 g/mol. The summed E-state index contributed by atoms with van der Waals surface area (Å²) in [4.78, 5) is 25.1. The Morgan fingerprint density at radius 3 is 2.87 bits per heavy atom. The molecule has 30 heavy (non-hydrogen) atoms. The second-order valence-electron chi connectivity index (χ2n) is 7.24. The number of carbonyl (C=O) groups excluding carboxylic acids is 1. The first-order chi connectivity index (χ1) is 14.8. The summed E-state index contributed by atoms with van der Waals surface area (Å²) < 4.78 is 7.32. The Balaban J connectivity index is 1.16. The minimum atomic E-state index is -0.0721. The quantitative estimate of drug-likeness (QED) is 0.517. The standard InChI is InChI=1S/C23H20N4O2S/c28-21(8-9-22-27-19-6-1-2-7-20(19)30-22)26-13-17-10-15-4-3-5-18(23(15)29-17)16-11-24-14-25-12-16/h1-7,11-12,14,17H,8-10,13H2,(H,26,28). The van der Waals surface area contributed by atoms with Gasteiger partial charge < -0.3 is 10.1 Å². The van der Waals surface area contributed by atoms with Crippen LogP contribution in [0.5, 0.6) is 5.75 Å². The number of hydrogen-bond acceptors (Lipinski definition) is 6. The van der Waals surface area contributed by atoms with Crippen LogP contribution in [0.25, 0.3) is 21.3 Å². The highest BCUT2D eigenvalue weighted by molar-refractivity contribution is 7.18. The first-order valence-electron chi connectivity index (χ1n) is 9.91. The molecule has 3 heterocycles. The Kier molecular flexibility index (Phi) is 5.11. The summed E-state index contributed by atoms with van der Waals surface area (Å²) >= 11 is 1.65. The smallest absolute Gasteiger partial charge is 0.220 e. The molecule has 7 heteroatoms. The van der Waals surface area contributed by atoms with Crippen molar-refractivity contribution in [2.45, 2.75) is 25.4 Å². The van der Waals surface area contributed by atoms with E-state index in [1.807, 2.05) is 30.3 Å². The SMILES string of the molecule is O=C(CCc1nc2ccccc2s1)NCC1Cc2cccc(-c3cncnc3)c2O1. The van der Waals surface area contributed by atoms with E-state index in [-0.39, 0.29) is 12.0 Å². The highest BCUT2D eigenvalue weighted by Crippen LogP contribution is 2.38. The summed E-state index contributed by atoms with van der Waals surface area (Å²) in [5, 5.41) is 4.00. The number of nitrogens with zero attached hydrogens (tertiary/aromatic N) is 3. The van der Waals surface area contributed by atoms with Gasteiger partial charge in [0.05, 0.1) is 21.8 Å². The molecule has 1 amide bonds. The third-order valence-electron chi connectivity index (χ3n) is 5.13. The number of para-hydroxylation sites is 2. The van der Waals surface area contributed by atoms with E-state index < -0.39 is 0 Å². The average molecular weight is 417 g/mol. The number of ether oxygens (including phenoxy) is 1. The van der Waals surface area contributed by atoms with Crippen LogP contribution in [0.15, 0.2) is 61.2 Å². The molecule has 1 unspecified atom stereocenters. The molecule has 1 N–H and O–H groups in total. The van der Waals surface area contributed by atoms with E-state index in [2.05, 4.69) is 32.4 Å². The van der Waals surface area contributed by atoms with Gasteiger partial charge in [-0.1, -0.05) is 30.3 Å². The Morgan fingerprint density at radius 2 is 2.00 bits per heavy atom. The highest BCUT2D eigenvalue weighted by Gasteiger charge is 2.26. The van der Waals surface area contributed by atoms with Crippen molar-refractivity contribution in [1.29, 1.82) is 0 Å². The Labute approximate surface area is 178 Å². The van der Waals surface area contributed by atoms with Crippen LogP contribution in [0.4, 0.5) is 0 Å². The first-order valence-corrected chi connectivity index (χ1v) is 10.7. The molecule has 2 aromatic heterocycles. The van der Waals surface area contributed by atoms with Crippen LogP contribution >= 0.6 is 11.3 Å². The van der Waals surface area contributed by atoms with Crippen LogP contribution in [0.3, 0.4) is 0 Å². The van der Waals surface area contributed by atoms with Crippen molar-refractivity contribution in [1.82, 2.24) is 20.3 Å². The molecule has 1 aliphatic rings. The molecular weight excluding hydrogens is 396 g/mol. The Hall–Kier alpha value is -3.32. The van der Waals surface area contributed by atoms with Crippen LogP contribution in [0, 0.1) is 0 Å². The van der Waals surface area contributed by atoms with E-state index in [1.165, 1.54) is 6.33 Å². The second-order valence-corrected chi connectivity index (χ2v) is 8.36. The van der Waals surface area contributed by atoms with Gasteiger partial charge in [0.2, 0.25) is 5.91 Å². The number of hydrogen-bond donors (Lipinski definition) is 1. The fourth-order valence-corrected chi connectivity index (χ4v) is 4.65.